The van der Waals surface area contributed by atoms with Gasteiger partial charge in [-0.15, -0.1) is 11.3 Å². The van der Waals surface area contributed by atoms with Crippen molar-refractivity contribution in [1.82, 2.24) is 24.1 Å². The number of thiophene rings is 1. The van der Waals surface area contributed by atoms with Crippen molar-refractivity contribution in [3.8, 4) is 45.5 Å². The van der Waals surface area contributed by atoms with Crippen LogP contribution in [0.2, 0.25) is 0 Å². The molecule has 0 N–H and O–H groups in total. The summed E-state index contributed by atoms with van der Waals surface area (Å²) >= 11 is 1.93. The number of fused-ring (bicyclic) bond motifs is 10. The van der Waals surface area contributed by atoms with Crippen molar-refractivity contribution in [3.63, 3.8) is 0 Å². The number of benzene rings is 5. The molecule has 0 atom stereocenters. The van der Waals surface area contributed by atoms with E-state index in [1.54, 1.807) is 0 Å². The Kier molecular flexibility index (Phi) is 7.29. The Bertz CT molecular complexity index is 3230. The lowest BCUT2D eigenvalue weighted by molar-refractivity contribution is 0.872. The minimum absolute atomic E-state index is 0.651. The van der Waals surface area contributed by atoms with Gasteiger partial charge >= 0.3 is 0 Å². The van der Waals surface area contributed by atoms with Crippen molar-refractivity contribution in [3.05, 3.63) is 173 Å². The second-order valence-electron chi connectivity index (χ2n) is 15.0. The third-order valence-corrected chi connectivity index (χ3v) is 12.9. The lowest BCUT2D eigenvalue weighted by Crippen LogP contribution is -2.05. The summed E-state index contributed by atoms with van der Waals surface area (Å²) in [6, 6.07) is 49.5. The predicted octanol–water partition coefficient (Wildman–Crippen LogP) is 13.0. The number of hydrogen-bond acceptors (Lipinski definition) is 4. The highest BCUT2D eigenvalue weighted by Gasteiger charge is 2.25. The number of aryl methyl sites for hydroxylation is 1. The maximum atomic E-state index is 5.42. The van der Waals surface area contributed by atoms with Gasteiger partial charge in [-0.05, 0) is 79.8 Å². The number of aromatic nitrogens is 5. The highest BCUT2D eigenvalue weighted by atomic mass is 32.1. The molecule has 0 unspecified atom stereocenters. The van der Waals surface area contributed by atoms with Gasteiger partial charge in [0.2, 0.25) is 5.95 Å². The molecule has 0 spiro atoms. The van der Waals surface area contributed by atoms with Crippen LogP contribution < -0.4 is 0 Å². The third-order valence-electron chi connectivity index (χ3n) is 11.7. The molecule has 0 saturated carbocycles. The van der Waals surface area contributed by atoms with Crippen molar-refractivity contribution >= 4 is 66.3 Å². The topological polar surface area (TPSA) is 48.5 Å². The van der Waals surface area contributed by atoms with Crippen LogP contribution in [-0.4, -0.2) is 24.1 Å². The second-order valence-corrected chi connectivity index (χ2v) is 16.1. The van der Waals surface area contributed by atoms with E-state index in [-0.39, 0.29) is 0 Å². The van der Waals surface area contributed by atoms with Crippen LogP contribution in [-0.2, 0) is 12.8 Å². The first-order valence-corrected chi connectivity index (χ1v) is 20.5. The summed E-state index contributed by atoms with van der Waals surface area (Å²) < 4.78 is 6.02. The van der Waals surface area contributed by atoms with Gasteiger partial charge in [0.15, 0.2) is 0 Å². The van der Waals surface area contributed by atoms with E-state index in [9.17, 15) is 0 Å². The average molecular weight is 750 g/mol. The number of rotatable bonds is 5. The summed E-state index contributed by atoms with van der Waals surface area (Å²) in [6.07, 6.45) is 13.4. The van der Waals surface area contributed by atoms with Crippen molar-refractivity contribution in [1.29, 1.82) is 0 Å². The van der Waals surface area contributed by atoms with Crippen LogP contribution >= 0.6 is 11.3 Å². The summed E-state index contributed by atoms with van der Waals surface area (Å²) in [5.74, 6) is 1.59. The molecule has 5 heterocycles. The molecule has 2 aliphatic carbocycles. The van der Waals surface area contributed by atoms with Crippen molar-refractivity contribution in [2.24, 2.45) is 0 Å². The van der Waals surface area contributed by atoms with Gasteiger partial charge in [-0.3, -0.25) is 9.13 Å². The van der Waals surface area contributed by atoms with Crippen molar-refractivity contribution in [2.45, 2.75) is 25.7 Å². The zero-order valence-corrected chi connectivity index (χ0v) is 31.9. The molecule has 2 aliphatic rings. The molecule has 6 heteroatoms. The lowest BCUT2D eigenvalue weighted by atomic mass is 9.99. The average Bonchev–Trinajstić information content (AvgIpc) is 3.94. The van der Waals surface area contributed by atoms with E-state index in [2.05, 4.69) is 161 Å². The van der Waals surface area contributed by atoms with E-state index in [1.807, 2.05) is 23.5 Å². The molecule has 10 aromatic rings. The Balaban J connectivity index is 1.08. The maximum Gasteiger partial charge on any atom is 0.235 e. The van der Waals surface area contributed by atoms with Crippen molar-refractivity contribution < 1.29 is 0 Å². The van der Waals surface area contributed by atoms with Gasteiger partial charge in [0.1, 0.15) is 5.82 Å². The number of pyridine rings is 1. The molecule has 0 aliphatic heterocycles. The number of hydrogen-bond donors (Lipinski definition) is 0. The molecule has 0 saturated heterocycles. The molecule has 0 bridgehead atoms. The van der Waals surface area contributed by atoms with Gasteiger partial charge in [-0.2, -0.15) is 0 Å². The van der Waals surface area contributed by atoms with Crippen molar-refractivity contribution in [2.75, 3.05) is 0 Å². The zero-order valence-electron chi connectivity index (χ0n) is 31.1. The van der Waals surface area contributed by atoms with Crippen LogP contribution in [0.25, 0.3) is 100 Å². The van der Waals surface area contributed by atoms with Crippen LogP contribution in [0.3, 0.4) is 0 Å². The highest BCUT2D eigenvalue weighted by Crippen LogP contribution is 2.43. The Labute approximate surface area is 333 Å². The number of allylic oxidation sites excluding steroid dienone is 2. The molecule has 12 rings (SSSR count). The molecule has 0 amide bonds. The fraction of sp³-hybridized carbons (Fsp3) is 0.0784. The normalized spacial score (nSPS) is 13.5. The zero-order chi connectivity index (χ0) is 37.5. The summed E-state index contributed by atoms with van der Waals surface area (Å²) in [6.45, 7) is 0. The molecule has 270 valence electrons. The molecule has 5 nitrogen and oxygen atoms in total. The first kappa shape index (κ1) is 32.4. The molecular weight excluding hydrogens is 715 g/mol. The Morgan fingerprint density at radius 2 is 1.18 bits per heavy atom. The standard InChI is InChI=1S/C51H35N5S/c1-3-14-32(15-4-1)40-31-41(33-16-5-2-6-17-33)54-51(53-40)56-43-23-11-8-20-37(43)50-45(56)28-27-44-49(50)36-19-7-10-22-42(36)55(44)48-25-13-21-39(52-48)34-26-29-47-38(30-34)35-18-9-12-24-46(35)57-47/h1-9,11,13-21,23,25-31H,10,12,22,24H2. The monoisotopic (exact) mass is 749 g/mol. The minimum atomic E-state index is 0.651. The van der Waals surface area contributed by atoms with Crippen LogP contribution in [0.5, 0.6) is 0 Å². The summed E-state index contributed by atoms with van der Waals surface area (Å²) in [5, 5.41) is 4.95. The Hall–Kier alpha value is -6.89. The molecule has 0 fully saturated rings. The quantitative estimate of drug-likeness (QED) is 0.176. The summed E-state index contributed by atoms with van der Waals surface area (Å²) in [7, 11) is 0. The van der Waals surface area contributed by atoms with Gasteiger partial charge in [0.05, 0.1) is 33.6 Å². The third kappa shape index (κ3) is 5.11. The van der Waals surface area contributed by atoms with Gasteiger partial charge in [-0.25, -0.2) is 15.0 Å². The number of nitrogens with zero attached hydrogens (tertiary/aromatic N) is 5. The molecular formula is C51H35N5S. The van der Waals surface area contributed by atoms with Gasteiger partial charge in [0.25, 0.3) is 0 Å². The lowest BCUT2D eigenvalue weighted by Gasteiger charge is -2.14. The SMILES string of the molecule is C1=Cc2c(sc3ccc(-c4cccc(-n5c6c(c7c8c9ccccc9n(-c9nc(-c%10ccccc%10)cc(-c%10ccccc%10)n9)c8ccc75)C=CCC6)n4)cc23)CC1. The summed E-state index contributed by atoms with van der Waals surface area (Å²) in [4.78, 5) is 17.5. The van der Waals surface area contributed by atoms with E-state index in [0.29, 0.717) is 5.95 Å². The molecule has 5 aromatic carbocycles. The fourth-order valence-corrected chi connectivity index (χ4v) is 10.3. The van der Waals surface area contributed by atoms with Crippen LogP contribution in [0.1, 0.15) is 34.5 Å². The predicted molar refractivity (Wildman–Crippen MR) is 237 cm³/mol. The fourth-order valence-electron chi connectivity index (χ4n) is 9.11. The number of para-hydroxylation sites is 1. The molecule has 57 heavy (non-hydrogen) atoms. The molecule has 0 radical (unpaired) electrons. The van der Waals surface area contributed by atoms with E-state index >= 15 is 0 Å². The van der Waals surface area contributed by atoms with Crippen LogP contribution in [0, 0.1) is 0 Å². The largest absolute Gasteiger partial charge is 0.298 e. The highest BCUT2D eigenvalue weighted by molar-refractivity contribution is 7.19. The van der Waals surface area contributed by atoms with E-state index < -0.39 is 0 Å². The smallest absolute Gasteiger partial charge is 0.235 e. The van der Waals surface area contributed by atoms with E-state index in [4.69, 9.17) is 15.0 Å². The summed E-state index contributed by atoms with van der Waals surface area (Å²) in [5.41, 5.74) is 13.3. The Morgan fingerprint density at radius 1 is 0.474 bits per heavy atom. The first-order chi connectivity index (χ1) is 28.3. The Morgan fingerprint density at radius 3 is 1.96 bits per heavy atom. The van der Waals surface area contributed by atoms with Gasteiger partial charge in [0, 0.05) is 59.1 Å². The van der Waals surface area contributed by atoms with E-state index in [0.717, 1.165) is 81.8 Å². The van der Waals surface area contributed by atoms with E-state index in [1.165, 1.54) is 47.9 Å². The first-order valence-electron chi connectivity index (χ1n) is 19.7. The van der Waals surface area contributed by atoms with Gasteiger partial charge < -0.3 is 0 Å². The van der Waals surface area contributed by atoms with Crippen LogP contribution in [0.15, 0.2) is 152 Å². The van der Waals surface area contributed by atoms with Crippen LogP contribution in [0.4, 0.5) is 0 Å². The minimum Gasteiger partial charge on any atom is -0.298 e. The second kappa shape index (κ2) is 12.8. The van der Waals surface area contributed by atoms with Gasteiger partial charge in [-0.1, -0.05) is 115 Å². The maximum absolute atomic E-state index is 5.42. The molecule has 5 aromatic heterocycles.